The number of furan rings is 1. The molecule has 152 valence electrons. The highest BCUT2D eigenvalue weighted by Gasteiger charge is 2.35. The number of hydrogen-bond acceptors (Lipinski definition) is 6. The van der Waals surface area contributed by atoms with Gasteiger partial charge in [-0.25, -0.2) is 0 Å². The summed E-state index contributed by atoms with van der Waals surface area (Å²) in [5.74, 6) is -0.328. The minimum atomic E-state index is -0.591. The number of hydrogen-bond donors (Lipinski definition) is 0. The van der Waals surface area contributed by atoms with Crippen LogP contribution in [0.25, 0.3) is 17.4 Å². The molecule has 1 aliphatic heterocycles. The number of nitrogens with zero attached hydrogens (tertiary/aromatic N) is 3. The number of nitro groups is 1. The largest absolute Gasteiger partial charge is 0.457 e. The third-order valence-electron chi connectivity index (χ3n) is 4.88. The number of benzene rings is 1. The number of imide groups is 1. The molecule has 0 N–H and O–H groups in total. The van der Waals surface area contributed by atoms with Crippen molar-refractivity contribution in [1.82, 2.24) is 4.90 Å². The minimum absolute atomic E-state index is 0.0551. The first-order chi connectivity index (χ1) is 14.3. The summed E-state index contributed by atoms with van der Waals surface area (Å²) < 4.78 is 5.82. The molecule has 8 heteroatoms. The van der Waals surface area contributed by atoms with Gasteiger partial charge in [0.15, 0.2) is 0 Å². The quantitative estimate of drug-likeness (QED) is 0.319. The van der Waals surface area contributed by atoms with Crippen LogP contribution in [0.5, 0.6) is 0 Å². The highest BCUT2D eigenvalue weighted by Crippen LogP contribution is 2.32. The van der Waals surface area contributed by atoms with Gasteiger partial charge in [-0.3, -0.25) is 24.6 Å². The van der Waals surface area contributed by atoms with Crippen LogP contribution in [0.1, 0.15) is 31.6 Å². The van der Waals surface area contributed by atoms with Crippen LogP contribution >= 0.6 is 0 Å². The first-order valence-corrected chi connectivity index (χ1v) is 9.33. The Labute approximate surface area is 172 Å². The lowest BCUT2D eigenvalue weighted by Gasteiger charge is -2.26. The van der Waals surface area contributed by atoms with Gasteiger partial charge in [0.1, 0.15) is 23.2 Å². The molecule has 8 nitrogen and oxygen atoms in total. The van der Waals surface area contributed by atoms with E-state index >= 15 is 0 Å². The van der Waals surface area contributed by atoms with Crippen molar-refractivity contribution >= 4 is 23.6 Å². The minimum Gasteiger partial charge on any atom is -0.457 e. The normalized spacial score (nSPS) is 15.7. The number of amides is 2. The van der Waals surface area contributed by atoms with Gasteiger partial charge in [-0.05, 0) is 49.6 Å². The van der Waals surface area contributed by atoms with E-state index < -0.39 is 16.7 Å². The lowest BCUT2D eigenvalue weighted by molar-refractivity contribution is -0.384. The van der Waals surface area contributed by atoms with Gasteiger partial charge >= 0.3 is 0 Å². The van der Waals surface area contributed by atoms with E-state index in [4.69, 9.17) is 4.42 Å². The van der Waals surface area contributed by atoms with Crippen molar-refractivity contribution in [2.45, 2.75) is 27.2 Å². The molecule has 2 aromatic rings. The molecule has 3 rings (SSSR count). The van der Waals surface area contributed by atoms with E-state index in [0.717, 1.165) is 10.5 Å². The van der Waals surface area contributed by atoms with Gasteiger partial charge < -0.3 is 4.42 Å². The fourth-order valence-electron chi connectivity index (χ4n) is 3.26. The van der Waals surface area contributed by atoms with Crippen LogP contribution in [-0.4, -0.2) is 28.2 Å². The third kappa shape index (κ3) is 3.65. The van der Waals surface area contributed by atoms with E-state index in [0.29, 0.717) is 29.1 Å². The Balaban J connectivity index is 2.05. The van der Waals surface area contributed by atoms with Crippen molar-refractivity contribution in [2.24, 2.45) is 0 Å². The van der Waals surface area contributed by atoms with Gasteiger partial charge in [0.05, 0.1) is 4.92 Å². The summed E-state index contributed by atoms with van der Waals surface area (Å²) in [5, 5.41) is 20.4. The summed E-state index contributed by atoms with van der Waals surface area (Å²) in [6, 6.07) is 9.66. The molecule has 0 unspecified atom stereocenters. The van der Waals surface area contributed by atoms with E-state index in [1.165, 1.54) is 18.2 Å². The predicted octanol–water partition coefficient (Wildman–Crippen LogP) is 4.17. The molecule has 0 bridgehead atoms. The number of nitro benzene ring substituents is 1. The molecular weight excluding hydrogens is 386 g/mol. The zero-order valence-corrected chi connectivity index (χ0v) is 16.8. The second kappa shape index (κ2) is 8.17. The molecule has 0 saturated heterocycles. The van der Waals surface area contributed by atoms with E-state index in [-0.39, 0.29) is 23.4 Å². The molecule has 0 atom stereocenters. The molecule has 0 saturated carbocycles. The summed E-state index contributed by atoms with van der Waals surface area (Å²) in [7, 11) is 0. The number of rotatable bonds is 5. The van der Waals surface area contributed by atoms with Crippen LogP contribution in [0.3, 0.4) is 0 Å². The van der Waals surface area contributed by atoms with Crippen LogP contribution < -0.4 is 0 Å². The fourth-order valence-corrected chi connectivity index (χ4v) is 3.26. The third-order valence-corrected chi connectivity index (χ3v) is 4.88. The van der Waals surface area contributed by atoms with Crippen molar-refractivity contribution in [2.75, 3.05) is 6.54 Å². The Morgan fingerprint density at radius 3 is 2.57 bits per heavy atom. The molecule has 0 aliphatic carbocycles. The topological polar surface area (TPSA) is 117 Å². The van der Waals surface area contributed by atoms with Crippen LogP contribution in [-0.2, 0) is 9.59 Å². The summed E-state index contributed by atoms with van der Waals surface area (Å²) >= 11 is 0. The summed E-state index contributed by atoms with van der Waals surface area (Å²) in [6.45, 7) is 5.41. The van der Waals surface area contributed by atoms with E-state index in [9.17, 15) is 25.0 Å². The summed E-state index contributed by atoms with van der Waals surface area (Å²) in [6.07, 6.45) is 2.06. The SMILES string of the molecule is CCCN1C(=O)C(C#N)=C(C)/C(=C\c2ccc(-c3cc([N+](=O)[O-])ccc3C)o2)C1=O. The molecule has 1 aromatic heterocycles. The number of aryl methyl sites for hydroxylation is 1. The average Bonchev–Trinajstić information content (AvgIpc) is 3.17. The average molecular weight is 405 g/mol. The Hall–Kier alpha value is -3.99. The molecule has 30 heavy (non-hydrogen) atoms. The van der Waals surface area contributed by atoms with E-state index in [2.05, 4.69) is 0 Å². The molecule has 1 aliphatic rings. The second-order valence-electron chi connectivity index (χ2n) is 6.89. The Morgan fingerprint density at radius 2 is 1.93 bits per heavy atom. The molecule has 1 aromatic carbocycles. The maximum Gasteiger partial charge on any atom is 0.271 e. The standard InChI is InChI=1S/C22H19N3O5/c1-4-9-24-21(26)18(14(3)19(12-23)22(24)27)11-16-7-8-20(30-16)17-10-15(25(28)29)6-5-13(17)2/h5-8,10-11H,4,9H2,1-3H3/b18-11+. The predicted molar refractivity (Wildman–Crippen MR) is 109 cm³/mol. The highest BCUT2D eigenvalue weighted by molar-refractivity contribution is 6.19. The first-order valence-electron chi connectivity index (χ1n) is 9.33. The number of nitriles is 1. The van der Waals surface area contributed by atoms with Crippen LogP contribution in [0, 0.1) is 28.4 Å². The summed E-state index contributed by atoms with van der Waals surface area (Å²) in [4.78, 5) is 36.9. The zero-order valence-electron chi connectivity index (χ0n) is 16.8. The van der Waals surface area contributed by atoms with Crippen molar-refractivity contribution < 1.29 is 18.9 Å². The van der Waals surface area contributed by atoms with Crippen LogP contribution in [0.15, 0.2) is 51.5 Å². The zero-order chi connectivity index (χ0) is 22.0. The molecule has 0 spiro atoms. The van der Waals surface area contributed by atoms with Gasteiger partial charge in [0, 0.05) is 29.8 Å². The lowest BCUT2D eigenvalue weighted by atomic mass is 9.94. The van der Waals surface area contributed by atoms with E-state index in [1.54, 1.807) is 25.1 Å². The molecule has 0 fully saturated rings. The van der Waals surface area contributed by atoms with Crippen LogP contribution in [0.4, 0.5) is 5.69 Å². The molecule has 2 amide bonds. The van der Waals surface area contributed by atoms with Crippen molar-refractivity contribution in [3.8, 4) is 17.4 Å². The number of carbonyl (C=O) groups excluding carboxylic acids is 2. The van der Waals surface area contributed by atoms with Crippen molar-refractivity contribution in [3.63, 3.8) is 0 Å². The number of carbonyl (C=O) groups is 2. The van der Waals surface area contributed by atoms with Crippen molar-refractivity contribution in [1.29, 1.82) is 5.26 Å². The van der Waals surface area contributed by atoms with Gasteiger partial charge in [0.25, 0.3) is 17.5 Å². The van der Waals surface area contributed by atoms with Crippen LogP contribution in [0.2, 0.25) is 0 Å². The second-order valence-corrected chi connectivity index (χ2v) is 6.89. The Bertz CT molecular complexity index is 1160. The number of non-ortho nitro benzene ring substituents is 1. The Kier molecular flexibility index (Phi) is 5.65. The molecule has 2 heterocycles. The Morgan fingerprint density at radius 1 is 1.20 bits per heavy atom. The molecular formula is C22H19N3O5. The maximum absolute atomic E-state index is 12.8. The molecule has 0 radical (unpaired) electrons. The maximum atomic E-state index is 12.8. The first kappa shape index (κ1) is 20.7. The fraction of sp³-hybridized carbons (Fsp3) is 0.227. The van der Waals surface area contributed by atoms with Gasteiger partial charge in [-0.15, -0.1) is 0 Å². The lowest BCUT2D eigenvalue weighted by Crippen LogP contribution is -2.43. The van der Waals surface area contributed by atoms with Gasteiger partial charge in [0.2, 0.25) is 0 Å². The summed E-state index contributed by atoms with van der Waals surface area (Å²) in [5.41, 5.74) is 1.73. The highest BCUT2D eigenvalue weighted by atomic mass is 16.6. The van der Waals surface area contributed by atoms with E-state index in [1.807, 2.05) is 19.9 Å². The van der Waals surface area contributed by atoms with Gasteiger partial charge in [-0.2, -0.15) is 5.26 Å². The smallest absolute Gasteiger partial charge is 0.271 e. The van der Waals surface area contributed by atoms with Crippen molar-refractivity contribution in [3.05, 3.63) is 68.5 Å². The monoisotopic (exact) mass is 405 g/mol. The van der Waals surface area contributed by atoms with Gasteiger partial charge in [-0.1, -0.05) is 13.0 Å².